The van der Waals surface area contributed by atoms with Gasteiger partial charge in [0.25, 0.3) is 0 Å². The van der Waals surface area contributed by atoms with Gasteiger partial charge < -0.3 is 11.1 Å². The number of hydrogen-bond acceptors (Lipinski definition) is 2. The fraction of sp³-hybridized carbons (Fsp3) is 0.250. The number of nitrogens with two attached hydrogens (primary N) is 1. The fourth-order valence-corrected chi connectivity index (χ4v) is 3.59. The molecule has 0 radical (unpaired) electrons. The van der Waals surface area contributed by atoms with Crippen molar-refractivity contribution in [2.24, 2.45) is 5.92 Å². The number of benzene rings is 2. The van der Waals surface area contributed by atoms with Crippen molar-refractivity contribution in [3.8, 4) is 0 Å². The monoisotopic (exact) mass is 562 g/mol. The number of nitrogens with one attached hydrogen (secondary N) is 1. The minimum absolute atomic E-state index is 0.287. The summed E-state index contributed by atoms with van der Waals surface area (Å²) in [4.78, 5) is 0. The number of rotatable bonds is 8. The van der Waals surface area contributed by atoms with E-state index in [1.807, 2.05) is 31.2 Å². The van der Waals surface area contributed by atoms with Crippen molar-refractivity contribution in [1.29, 1.82) is 0 Å². The van der Waals surface area contributed by atoms with Crippen LogP contribution < -0.4 is 11.1 Å². The lowest BCUT2D eigenvalue weighted by Gasteiger charge is -2.17. The summed E-state index contributed by atoms with van der Waals surface area (Å²) in [7, 11) is 1.74. The summed E-state index contributed by atoms with van der Waals surface area (Å²) in [6, 6.07) is 14.7. The van der Waals surface area contributed by atoms with Gasteiger partial charge in [-0.2, -0.15) is 26.3 Å². The lowest BCUT2D eigenvalue weighted by molar-refractivity contribution is -0.0969. The summed E-state index contributed by atoms with van der Waals surface area (Å²) in [5, 5.41) is 2.94. The molecule has 0 heterocycles. The van der Waals surface area contributed by atoms with Gasteiger partial charge in [-0.15, -0.1) is 0 Å². The highest BCUT2D eigenvalue weighted by Gasteiger charge is 2.37. The SMILES string of the molecule is C=C(/C=C\C)/C(=C(C=Cc1ccc(NC)cc1)\C=C/C(C)/C(=C/C)C(F)(F)F)C(F)(F)F.Cc1ccc(N)cc1. The van der Waals surface area contributed by atoms with E-state index >= 15 is 0 Å². The van der Waals surface area contributed by atoms with Crippen molar-refractivity contribution in [2.45, 2.75) is 40.0 Å². The second-order valence-corrected chi connectivity index (χ2v) is 8.86. The number of anilines is 2. The van der Waals surface area contributed by atoms with Gasteiger partial charge in [-0.25, -0.2) is 0 Å². The summed E-state index contributed by atoms with van der Waals surface area (Å²) in [5.41, 5.74) is 6.54. The van der Waals surface area contributed by atoms with Gasteiger partial charge in [-0.3, -0.25) is 0 Å². The number of nitrogen functional groups attached to an aromatic ring is 1. The van der Waals surface area contributed by atoms with Crippen molar-refractivity contribution >= 4 is 17.5 Å². The molecule has 0 amide bonds. The first kappa shape index (κ1) is 34.1. The van der Waals surface area contributed by atoms with Crippen molar-refractivity contribution < 1.29 is 26.3 Å². The second-order valence-electron chi connectivity index (χ2n) is 8.86. The predicted octanol–water partition coefficient (Wildman–Crippen LogP) is 10.0. The van der Waals surface area contributed by atoms with E-state index in [1.165, 1.54) is 43.7 Å². The topological polar surface area (TPSA) is 38.0 Å². The first-order chi connectivity index (χ1) is 18.6. The summed E-state index contributed by atoms with van der Waals surface area (Å²) in [5.74, 6) is -1.14. The maximum Gasteiger partial charge on any atom is 0.417 e. The summed E-state index contributed by atoms with van der Waals surface area (Å²) in [6.45, 7) is 9.62. The Bertz CT molecular complexity index is 1220. The zero-order chi connectivity index (χ0) is 30.5. The van der Waals surface area contributed by atoms with Gasteiger partial charge in [0, 0.05) is 29.9 Å². The minimum atomic E-state index is -4.76. The van der Waals surface area contributed by atoms with Crippen molar-refractivity contribution in [1.82, 2.24) is 0 Å². The lowest BCUT2D eigenvalue weighted by Crippen LogP contribution is -2.17. The molecule has 0 spiro atoms. The van der Waals surface area contributed by atoms with Crippen molar-refractivity contribution in [2.75, 3.05) is 18.1 Å². The fourth-order valence-electron chi connectivity index (χ4n) is 3.59. The van der Waals surface area contributed by atoms with Crippen LogP contribution >= 0.6 is 0 Å². The van der Waals surface area contributed by atoms with Crippen LogP contribution in [0.3, 0.4) is 0 Å². The number of allylic oxidation sites excluding steroid dienone is 10. The molecule has 3 N–H and O–H groups in total. The summed E-state index contributed by atoms with van der Waals surface area (Å²) in [6.07, 6.45) is -0.903. The van der Waals surface area contributed by atoms with Crippen molar-refractivity contribution in [3.05, 3.63) is 125 Å². The van der Waals surface area contributed by atoms with Crippen LogP contribution in [0, 0.1) is 12.8 Å². The molecule has 0 aliphatic heterocycles. The standard InChI is InChI=1S/C25H27F6N.C7H9N/c1-6-8-18(4)23(25(29,30)31)20(13-9-17(3)22(7-2)24(26,27)28)14-10-19-11-15-21(32-5)16-12-19;1-6-2-4-7(8)5-3-6/h6-17,32H,4H2,1-3,5H3;2-5H,8H2,1H3/b8-6-,13-9-,14-10?,22-7-,23-20-;. The lowest BCUT2D eigenvalue weighted by atomic mass is 9.95. The van der Waals surface area contributed by atoms with E-state index in [2.05, 4.69) is 11.9 Å². The van der Waals surface area contributed by atoms with Gasteiger partial charge in [0.05, 0.1) is 5.57 Å². The van der Waals surface area contributed by atoms with Crippen LogP contribution in [0.4, 0.5) is 37.7 Å². The van der Waals surface area contributed by atoms with Crippen LogP contribution in [0.5, 0.6) is 0 Å². The van der Waals surface area contributed by atoms with Gasteiger partial charge in [-0.05, 0) is 61.7 Å². The highest BCUT2D eigenvalue weighted by molar-refractivity contribution is 5.61. The second kappa shape index (κ2) is 15.6. The Morgan fingerprint density at radius 2 is 1.45 bits per heavy atom. The van der Waals surface area contributed by atoms with Gasteiger partial charge >= 0.3 is 12.4 Å². The molecule has 0 saturated carbocycles. The molecule has 8 heteroatoms. The van der Waals surface area contributed by atoms with E-state index in [-0.39, 0.29) is 11.1 Å². The molecule has 216 valence electrons. The van der Waals surface area contributed by atoms with Gasteiger partial charge in [0.2, 0.25) is 0 Å². The predicted molar refractivity (Wildman–Crippen MR) is 156 cm³/mol. The Morgan fingerprint density at radius 3 is 1.88 bits per heavy atom. The molecule has 0 aliphatic carbocycles. The number of hydrogen-bond donors (Lipinski definition) is 2. The molecule has 0 aromatic heterocycles. The normalized spacial score (nSPS) is 14.2. The van der Waals surface area contributed by atoms with Crippen LogP contribution in [0.25, 0.3) is 6.08 Å². The molecule has 2 rings (SSSR count). The van der Waals surface area contributed by atoms with Gasteiger partial charge in [0.1, 0.15) is 0 Å². The Kier molecular flexibility index (Phi) is 13.3. The summed E-state index contributed by atoms with van der Waals surface area (Å²) >= 11 is 0. The van der Waals surface area contributed by atoms with Crippen LogP contribution in [-0.2, 0) is 0 Å². The molecular weight excluding hydrogens is 526 g/mol. The largest absolute Gasteiger partial charge is 0.417 e. The first-order valence-corrected chi connectivity index (χ1v) is 12.5. The average molecular weight is 563 g/mol. The third-order valence-corrected chi connectivity index (χ3v) is 5.69. The van der Waals surface area contributed by atoms with Crippen LogP contribution in [0.1, 0.15) is 31.9 Å². The van der Waals surface area contributed by atoms with E-state index in [0.717, 1.165) is 29.6 Å². The van der Waals surface area contributed by atoms with E-state index in [0.29, 0.717) is 5.56 Å². The zero-order valence-corrected chi connectivity index (χ0v) is 23.3. The Balaban J connectivity index is 0.000000850. The van der Waals surface area contributed by atoms with E-state index < -0.39 is 29.4 Å². The average Bonchev–Trinajstić information content (AvgIpc) is 2.87. The Labute approximate surface area is 233 Å². The molecule has 40 heavy (non-hydrogen) atoms. The first-order valence-electron chi connectivity index (χ1n) is 12.5. The zero-order valence-electron chi connectivity index (χ0n) is 23.3. The van der Waals surface area contributed by atoms with Crippen LogP contribution in [0.2, 0.25) is 0 Å². The number of alkyl halides is 6. The van der Waals surface area contributed by atoms with Crippen LogP contribution in [-0.4, -0.2) is 19.4 Å². The molecule has 2 nitrogen and oxygen atoms in total. The van der Waals surface area contributed by atoms with Gasteiger partial charge in [0.15, 0.2) is 0 Å². The third kappa shape index (κ3) is 11.4. The highest BCUT2D eigenvalue weighted by atomic mass is 19.4. The van der Waals surface area contributed by atoms with E-state index in [9.17, 15) is 26.3 Å². The molecule has 2 aromatic carbocycles. The van der Waals surface area contributed by atoms with Crippen LogP contribution in [0.15, 0.2) is 114 Å². The molecule has 0 saturated heterocycles. The van der Waals surface area contributed by atoms with Gasteiger partial charge in [-0.1, -0.05) is 85.9 Å². The summed E-state index contributed by atoms with van der Waals surface area (Å²) < 4.78 is 81.2. The Hall–Kier alpha value is -3.94. The molecule has 1 atom stereocenters. The maximum absolute atomic E-state index is 13.9. The van der Waals surface area contributed by atoms with E-state index in [4.69, 9.17) is 5.73 Å². The Morgan fingerprint density at radius 1 is 0.875 bits per heavy atom. The molecule has 0 bridgehead atoms. The highest BCUT2D eigenvalue weighted by Crippen LogP contribution is 2.36. The minimum Gasteiger partial charge on any atom is -0.399 e. The smallest absolute Gasteiger partial charge is 0.399 e. The molecule has 2 aromatic rings. The molecular formula is C32H36F6N2. The number of halogens is 6. The quantitative estimate of drug-likeness (QED) is 0.145. The van der Waals surface area contributed by atoms with E-state index in [1.54, 1.807) is 38.2 Å². The molecule has 0 aliphatic rings. The molecule has 1 unspecified atom stereocenters. The third-order valence-electron chi connectivity index (χ3n) is 5.69. The maximum atomic E-state index is 13.9. The van der Waals surface area contributed by atoms with Crippen molar-refractivity contribution in [3.63, 3.8) is 0 Å². The molecule has 0 fully saturated rings. The number of aryl methyl sites for hydroxylation is 1.